The van der Waals surface area contributed by atoms with Gasteiger partial charge in [0.25, 0.3) is 5.91 Å². The molecule has 0 bridgehead atoms. The summed E-state index contributed by atoms with van der Waals surface area (Å²) in [5.74, 6) is 0.369. The summed E-state index contributed by atoms with van der Waals surface area (Å²) in [5.41, 5.74) is 9.61. The van der Waals surface area contributed by atoms with Crippen LogP contribution in [0.4, 0.5) is 0 Å². The van der Waals surface area contributed by atoms with Crippen LogP contribution in [0.2, 0.25) is 0 Å². The Kier molecular flexibility index (Phi) is 5.01. The standard InChI is InChI=1S/C23H25N3O2/c1-16(27)26-15-21(20-7-2-3-8-22(20)26)23(28)25-11-9-18(10-12-25)19-6-4-5-17(13-19)14-24/h2-8,13,15,18H,9-12,14,24H2,1H3. The summed E-state index contributed by atoms with van der Waals surface area (Å²) in [7, 11) is 0. The average Bonchev–Trinajstić information content (AvgIpc) is 3.13. The zero-order chi connectivity index (χ0) is 19.7. The van der Waals surface area contributed by atoms with Gasteiger partial charge in [-0.25, -0.2) is 0 Å². The molecule has 0 aliphatic carbocycles. The SMILES string of the molecule is CC(=O)n1cc(C(=O)N2CCC(c3cccc(CN)c3)CC2)c2ccccc21. The molecule has 28 heavy (non-hydrogen) atoms. The van der Waals surface area contributed by atoms with Gasteiger partial charge in [0.15, 0.2) is 0 Å². The highest BCUT2D eigenvalue weighted by Crippen LogP contribution is 2.30. The number of rotatable bonds is 3. The lowest BCUT2D eigenvalue weighted by atomic mass is 9.88. The van der Waals surface area contributed by atoms with Gasteiger partial charge in [-0.2, -0.15) is 0 Å². The van der Waals surface area contributed by atoms with Crippen LogP contribution in [0, 0.1) is 0 Å². The van der Waals surface area contributed by atoms with Crippen molar-refractivity contribution < 1.29 is 9.59 Å². The fourth-order valence-corrected chi connectivity index (χ4v) is 4.17. The molecule has 5 heteroatoms. The Morgan fingerprint density at radius 1 is 1.07 bits per heavy atom. The van der Waals surface area contributed by atoms with Crippen molar-refractivity contribution in [1.82, 2.24) is 9.47 Å². The van der Waals surface area contributed by atoms with Crippen LogP contribution >= 0.6 is 0 Å². The minimum absolute atomic E-state index is 0.00496. The largest absolute Gasteiger partial charge is 0.339 e. The summed E-state index contributed by atoms with van der Waals surface area (Å²) >= 11 is 0. The number of aromatic nitrogens is 1. The zero-order valence-corrected chi connectivity index (χ0v) is 16.1. The number of para-hydroxylation sites is 1. The van der Waals surface area contributed by atoms with E-state index in [4.69, 9.17) is 5.73 Å². The van der Waals surface area contributed by atoms with Gasteiger partial charge in [0.2, 0.25) is 5.91 Å². The predicted molar refractivity (Wildman–Crippen MR) is 110 cm³/mol. The molecular formula is C23H25N3O2. The second kappa shape index (κ2) is 7.60. The van der Waals surface area contributed by atoms with E-state index in [9.17, 15) is 9.59 Å². The fraction of sp³-hybridized carbons (Fsp3) is 0.304. The van der Waals surface area contributed by atoms with Crippen molar-refractivity contribution in [2.75, 3.05) is 13.1 Å². The van der Waals surface area contributed by atoms with Gasteiger partial charge in [0.1, 0.15) is 0 Å². The molecule has 0 radical (unpaired) electrons. The molecule has 1 aliphatic heterocycles. The summed E-state index contributed by atoms with van der Waals surface area (Å²) in [5, 5.41) is 0.834. The van der Waals surface area contributed by atoms with Gasteiger partial charge in [-0.1, -0.05) is 42.5 Å². The number of carbonyl (C=O) groups is 2. The van der Waals surface area contributed by atoms with Crippen LogP contribution in [-0.4, -0.2) is 34.4 Å². The van der Waals surface area contributed by atoms with Gasteiger partial charge in [-0.15, -0.1) is 0 Å². The number of nitrogens with two attached hydrogens (primary N) is 1. The molecular weight excluding hydrogens is 350 g/mol. The van der Waals surface area contributed by atoms with E-state index in [0.29, 0.717) is 18.0 Å². The van der Waals surface area contributed by atoms with Crippen molar-refractivity contribution in [3.8, 4) is 0 Å². The molecule has 4 rings (SSSR count). The van der Waals surface area contributed by atoms with Gasteiger partial charge >= 0.3 is 0 Å². The van der Waals surface area contributed by atoms with Gasteiger partial charge in [-0.05, 0) is 36.0 Å². The molecule has 1 saturated heterocycles. The molecule has 0 unspecified atom stereocenters. The monoisotopic (exact) mass is 375 g/mol. The maximum atomic E-state index is 13.2. The van der Waals surface area contributed by atoms with Crippen LogP contribution in [0.1, 0.15) is 52.0 Å². The number of likely N-dealkylation sites (tertiary alicyclic amines) is 1. The molecule has 1 aliphatic rings. The summed E-state index contributed by atoms with van der Waals surface area (Å²) in [6, 6.07) is 16.0. The number of fused-ring (bicyclic) bond motifs is 1. The highest BCUT2D eigenvalue weighted by atomic mass is 16.2. The number of hydrogen-bond donors (Lipinski definition) is 1. The Morgan fingerprint density at radius 3 is 2.54 bits per heavy atom. The normalized spacial score (nSPS) is 15.1. The molecule has 2 heterocycles. The van der Waals surface area contributed by atoms with Gasteiger partial charge in [0.05, 0.1) is 11.1 Å². The van der Waals surface area contributed by atoms with E-state index >= 15 is 0 Å². The van der Waals surface area contributed by atoms with Crippen LogP contribution < -0.4 is 5.73 Å². The zero-order valence-electron chi connectivity index (χ0n) is 16.1. The first-order chi connectivity index (χ1) is 13.6. The number of benzene rings is 2. The van der Waals surface area contributed by atoms with Gasteiger partial charge in [0, 0.05) is 38.1 Å². The summed E-state index contributed by atoms with van der Waals surface area (Å²) in [6.07, 6.45) is 3.56. The minimum Gasteiger partial charge on any atom is -0.339 e. The molecule has 0 spiro atoms. The first-order valence-corrected chi connectivity index (χ1v) is 9.77. The average molecular weight is 375 g/mol. The summed E-state index contributed by atoms with van der Waals surface area (Å²) < 4.78 is 1.56. The van der Waals surface area contributed by atoms with E-state index in [1.807, 2.05) is 35.2 Å². The quantitative estimate of drug-likeness (QED) is 0.757. The molecule has 5 nitrogen and oxygen atoms in total. The molecule has 0 saturated carbocycles. The predicted octanol–water partition coefficient (Wildman–Crippen LogP) is 3.78. The van der Waals surface area contributed by atoms with E-state index in [-0.39, 0.29) is 11.8 Å². The molecule has 0 atom stereocenters. The van der Waals surface area contributed by atoms with E-state index in [1.54, 1.807) is 10.8 Å². The third kappa shape index (κ3) is 3.34. The lowest BCUT2D eigenvalue weighted by Crippen LogP contribution is -2.37. The second-order valence-electron chi connectivity index (χ2n) is 7.46. The Bertz CT molecular complexity index is 1030. The lowest BCUT2D eigenvalue weighted by molar-refractivity contribution is 0.0715. The van der Waals surface area contributed by atoms with Gasteiger partial charge < -0.3 is 10.6 Å². The van der Waals surface area contributed by atoms with Crippen LogP contribution in [-0.2, 0) is 6.54 Å². The van der Waals surface area contributed by atoms with Crippen LogP contribution in [0.25, 0.3) is 10.9 Å². The number of carbonyl (C=O) groups excluding carboxylic acids is 2. The van der Waals surface area contributed by atoms with Crippen molar-refractivity contribution in [2.45, 2.75) is 32.2 Å². The van der Waals surface area contributed by atoms with E-state index in [0.717, 1.165) is 42.4 Å². The Labute approximate surface area is 164 Å². The number of hydrogen-bond acceptors (Lipinski definition) is 3. The van der Waals surface area contributed by atoms with E-state index in [2.05, 4.69) is 18.2 Å². The maximum absolute atomic E-state index is 13.2. The van der Waals surface area contributed by atoms with Gasteiger partial charge in [-0.3, -0.25) is 14.2 Å². The molecule has 2 N–H and O–H groups in total. The molecule has 144 valence electrons. The fourth-order valence-electron chi connectivity index (χ4n) is 4.17. The van der Waals surface area contributed by atoms with Crippen molar-refractivity contribution >= 4 is 22.7 Å². The number of amides is 1. The van der Waals surface area contributed by atoms with Crippen molar-refractivity contribution in [3.63, 3.8) is 0 Å². The summed E-state index contributed by atoms with van der Waals surface area (Å²) in [6.45, 7) is 3.50. The third-order valence-electron chi connectivity index (χ3n) is 5.72. The lowest BCUT2D eigenvalue weighted by Gasteiger charge is -2.32. The number of nitrogens with zero attached hydrogens (tertiary/aromatic N) is 2. The number of piperidine rings is 1. The minimum atomic E-state index is -0.0891. The highest BCUT2D eigenvalue weighted by molar-refractivity contribution is 6.09. The van der Waals surface area contributed by atoms with Crippen LogP contribution in [0.15, 0.2) is 54.7 Å². The second-order valence-corrected chi connectivity index (χ2v) is 7.46. The van der Waals surface area contributed by atoms with Crippen LogP contribution in [0.5, 0.6) is 0 Å². The Hall–Kier alpha value is -2.92. The van der Waals surface area contributed by atoms with E-state index < -0.39 is 0 Å². The smallest absolute Gasteiger partial charge is 0.256 e. The topological polar surface area (TPSA) is 68.3 Å². The van der Waals surface area contributed by atoms with Crippen molar-refractivity contribution in [2.24, 2.45) is 5.73 Å². The molecule has 2 aromatic carbocycles. The molecule has 1 amide bonds. The first-order valence-electron chi connectivity index (χ1n) is 9.77. The summed E-state index contributed by atoms with van der Waals surface area (Å²) in [4.78, 5) is 27.0. The maximum Gasteiger partial charge on any atom is 0.256 e. The third-order valence-corrected chi connectivity index (χ3v) is 5.72. The molecule has 1 aromatic heterocycles. The first kappa shape index (κ1) is 18.4. The Balaban J connectivity index is 1.53. The Morgan fingerprint density at radius 2 is 1.82 bits per heavy atom. The highest BCUT2D eigenvalue weighted by Gasteiger charge is 2.27. The molecule has 3 aromatic rings. The molecule has 1 fully saturated rings. The van der Waals surface area contributed by atoms with Crippen molar-refractivity contribution in [1.29, 1.82) is 0 Å². The van der Waals surface area contributed by atoms with E-state index in [1.165, 1.54) is 12.5 Å². The van der Waals surface area contributed by atoms with Crippen LogP contribution in [0.3, 0.4) is 0 Å². The van der Waals surface area contributed by atoms with Crippen molar-refractivity contribution in [3.05, 3.63) is 71.4 Å².